The van der Waals surface area contributed by atoms with Crippen LogP contribution in [0.5, 0.6) is 28.7 Å². The molecule has 0 fully saturated rings. The van der Waals surface area contributed by atoms with Gasteiger partial charge in [0.1, 0.15) is 18.7 Å². The number of hydrogen-bond acceptors (Lipinski definition) is 5. The van der Waals surface area contributed by atoms with Gasteiger partial charge in [0.05, 0.1) is 46.5 Å². The Kier molecular flexibility index (Phi) is 8.91. The first-order valence-electron chi connectivity index (χ1n) is 15.3. The molecule has 0 aliphatic heterocycles. The molecule has 0 bridgehead atoms. The lowest BCUT2D eigenvalue weighted by molar-refractivity contribution is -0.665. The van der Waals surface area contributed by atoms with Gasteiger partial charge in [-0.2, -0.15) is 4.57 Å². The normalized spacial score (nSPS) is 11.0. The van der Waals surface area contributed by atoms with Crippen LogP contribution in [0.15, 0.2) is 91.0 Å². The zero-order valence-electron chi connectivity index (χ0n) is 27.9. The highest BCUT2D eigenvalue weighted by molar-refractivity contribution is 5.96. The average molecular weight is 649 g/mol. The Morgan fingerprint density at radius 2 is 0.979 bits per heavy atom. The molecular formula is C40H36F2NO5+. The van der Waals surface area contributed by atoms with Crippen LogP contribution in [0.3, 0.4) is 0 Å². The van der Waals surface area contributed by atoms with Crippen molar-refractivity contribution in [3.8, 4) is 73.4 Å². The van der Waals surface area contributed by atoms with Gasteiger partial charge in [0.2, 0.25) is 11.4 Å². The van der Waals surface area contributed by atoms with E-state index in [2.05, 4.69) is 16.7 Å². The van der Waals surface area contributed by atoms with E-state index in [-0.39, 0.29) is 11.6 Å². The molecule has 1 heterocycles. The highest BCUT2D eigenvalue weighted by Crippen LogP contribution is 2.47. The van der Waals surface area contributed by atoms with E-state index >= 15 is 0 Å². The van der Waals surface area contributed by atoms with E-state index in [0.717, 1.165) is 61.1 Å². The van der Waals surface area contributed by atoms with Crippen molar-refractivity contribution in [2.75, 3.05) is 35.5 Å². The minimum atomic E-state index is -0.319. The van der Waals surface area contributed by atoms with Gasteiger partial charge < -0.3 is 23.7 Å². The third kappa shape index (κ3) is 5.74. The molecule has 0 saturated carbocycles. The van der Waals surface area contributed by atoms with Gasteiger partial charge in [-0.05, 0) is 88.5 Å². The molecule has 8 heteroatoms. The number of nitrogens with zero attached hydrogens (tertiary/aromatic N) is 1. The monoisotopic (exact) mass is 648 g/mol. The standard InChI is InChI=1S/C40H36F2NO5/c1-23-37-30(22-36(45-4)39(47-6)40(37)48-7)20-34(43(23)2)29-19-33(38(46-5)35(21-29)44-3)28-17-26(24-8-12-31(41)13-9-24)16-27(18-28)25-10-14-32(42)15-11-25/h8-22H,1-7H3/q+1. The first kappa shape index (κ1) is 32.3. The smallest absolute Gasteiger partial charge is 0.213 e. The summed E-state index contributed by atoms with van der Waals surface area (Å²) in [5.74, 6) is 2.12. The van der Waals surface area contributed by atoms with Crippen LogP contribution in [0.1, 0.15) is 5.69 Å². The van der Waals surface area contributed by atoms with Crippen molar-refractivity contribution in [3.05, 3.63) is 108 Å². The molecule has 0 saturated heterocycles. The zero-order chi connectivity index (χ0) is 34.1. The van der Waals surface area contributed by atoms with Crippen LogP contribution in [0.2, 0.25) is 0 Å². The molecule has 6 aromatic rings. The molecule has 5 aromatic carbocycles. The van der Waals surface area contributed by atoms with E-state index in [1.54, 1.807) is 59.8 Å². The topological polar surface area (TPSA) is 50.0 Å². The molecule has 48 heavy (non-hydrogen) atoms. The lowest BCUT2D eigenvalue weighted by Gasteiger charge is -2.18. The number of methoxy groups -OCH3 is 5. The van der Waals surface area contributed by atoms with Gasteiger partial charge in [0.25, 0.3) is 0 Å². The number of halogens is 2. The molecule has 0 unspecified atom stereocenters. The van der Waals surface area contributed by atoms with E-state index in [0.29, 0.717) is 28.7 Å². The summed E-state index contributed by atoms with van der Waals surface area (Å²) in [6.07, 6.45) is 0. The van der Waals surface area contributed by atoms with Crippen molar-refractivity contribution in [1.82, 2.24) is 0 Å². The highest BCUT2D eigenvalue weighted by atomic mass is 19.1. The summed E-state index contributed by atoms with van der Waals surface area (Å²) in [6.45, 7) is 2.03. The predicted molar refractivity (Wildman–Crippen MR) is 184 cm³/mol. The molecule has 0 amide bonds. The SMILES string of the molecule is COc1cc(-c2cc3cc(OC)c(OC)c(OC)c3c(C)[n+]2C)cc(-c2cc(-c3ccc(F)cc3)cc(-c3ccc(F)cc3)c2)c1OC. The maximum Gasteiger partial charge on any atom is 0.213 e. The second-order valence-electron chi connectivity index (χ2n) is 11.4. The molecule has 0 aliphatic rings. The number of aryl methyl sites for hydroxylation is 1. The number of ether oxygens (including phenoxy) is 5. The van der Waals surface area contributed by atoms with Crippen molar-refractivity contribution in [3.63, 3.8) is 0 Å². The Balaban J connectivity index is 1.63. The molecule has 0 spiro atoms. The fourth-order valence-corrected chi connectivity index (χ4v) is 6.26. The molecule has 0 aliphatic carbocycles. The third-order valence-electron chi connectivity index (χ3n) is 8.75. The molecule has 0 N–H and O–H groups in total. The van der Waals surface area contributed by atoms with Crippen LogP contribution in [0.4, 0.5) is 8.78 Å². The zero-order valence-corrected chi connectivity index (χ0v) is 27.9. The summed E-state index contributed by atoms with van der Waals surface area (Å²) in [7, 11) is 10.0. The summed E-state index contributed by atoms with van der Waals surface area (Å²) in [5.41, 5.74) is 7.73. The number of aromatic nitrogens is 1. The maximum atomic E-state index is 13.9. The van der Waals surface area contributed by atoms with Crippen LogP contribution in [0.25, 0.3) is 55.4 Å². The summed E-state index contributed by atoms with van der Waals surface area (Å²) >= 11 is 0. The molecule has 0 atom stereocenters. The number of rotatable bonds is 9. The molecule has 1 aromatic heterocycles. The van der Waals surface area contributed by atoms with E-state index in [4.69, 9.17) is 23.7 Å². The average Bonchev–Trinajstić information content (AvgIpc) is 3.11. The van der Waals surface area contributed by atoms with Gasteiger partial charge in [-0.1, -0.05) is 24.3 Å². The van der Waals surface area contributed by atoms with Gasteiger partial charge >= 0.3 is 0 Å². The number of fused-ring (bicyclic) bond motifs is 1. The third-order valence-corrected chi connectivity index (χ3v) is 8.75. The Morgan fingerprint density at radius 3 is 1.48 bits per heavy atom. The quantitative estimate of drug-likeness (QED) is 0.147. The summed E-state index contributed by atoms with van der Waals surface area (Å²) in [4.78, 5) is 0. The van der Waals surface area contributed by atoms with E-state index in [1.807, 2.05) is 44.3 Å². The summed E-state index contributed by atoms with van der Waals surface area (Å²) in [6, 6.07) is 26.8. The Bertz CT molecular complexity index is 2080. The van der Waals surface area contributed by atoms with Crippen molar-refractivity contribution >= 4 is 10.8 Å². The molecule has 0 radical (unpaired) electrons. The highest BCUT2D eigenvalue weighted by Gasteiger charge is 2.26. The lowest BCUT2D eigenvalue weighted by Crippen LogP contribution is -2.35. The van der Waals surface area contributed by atoms with Crippen LogP contribution in [0, 0.1) is 18.6 Å². The van der Waals surface area contributed by atoms with E-state index < -0.39 is 0 Å². The van der Waals surface area contributed by atoms with Gasteiger partial charge in [-0.15, -0.1) is 0 Å². The minimum absolute atomic E-state index is 0.319. The summed E-state index contributed by atoms with van der Waals surface area (Å²) < 4.78 is 58.9. The lowest BCUT2D eigenvalue weighted by atomic mass is 9.91. The van der Waals surface area contributed by atoms with Crippen molar-refractivity contribution in [2.45, 2.75) is 6.92 Å². The van der Waals surface area contributed by atoms with Crippen molar-refractivity contribution < 1.29 is 37.0 Å². The van der Waals surface area contributed by atoms with E-state index in [9.17, 15) is 8.78 Å². The number of pyridine rings is 1. The fraction of sp³-hybridized carbons (Fsp3) is 0.175. The van der Waals surface area contributed by atoms with Gasteiger partial charge in [-0.3, -0.25) is 0 Å². The van der Waals surface area contributed by atoms with E-state index in [1.165, 1.54) is 24.3 Å². The van der Waals surface area contributed by atoms with Crippen molar-refractivity contribution in [1.29, 1.82) is 0 Å². The second-order valence-corrected chi connectivity index (χ2v) is 11.4. The first-order chi connectivity index (χ1) is 23.2. The van der Waals surface area contributed by atoms with Gasteiger partial charge in [0, 0.05) is 23.9 Å². The summed E-state index contributed by atoms with van der Waals surface area (Å²) in [5, 5.41) is 1.81. The second kappa shape index (κ2) is 13.2. The molecule has 244 valence electrons. The van der Waals surface area contributed by atoms with Crippen LogP contribution < -0.4 is 28.3 Å². The predicted octanol–water partition coefficient (Wildman–Crippen LogP) is 8.96. The van der Waals surface area contributed by atoms with Gasteiger partial charge in [0.15, 0.2) is 28.7 Å². The fourth-order valence-electron chi connectivity index (χ4n) is 6.26. The number of hydrogen-bond donors (Lipinski definition) is 0. The van der Waals surface area contributed by atoms with Crippen molar-refractivity contribution in [2.24, 2.45) is 7.05 Å². The molecule has 6 rings (SSSR count). The van der Waals surface area contributed by atoms with Gasteiger partial charge in [-0.25, -0.2) is 8.78 Å². The number of benzene rings is 5. The Hall–Kier alpha value is -5.63. The molecule has 6 nitrogen and oxygen atoms in total. The first-order valence-corrected chi connectivity index (χ1v) is 15.3. The Labute approximate surface area is 278 Å². The van der Waals surface area contributed by atoms with Crippen LogP contribution in [-0.4, -0.2) is 35.5 Å². The van der Waals surface area contributed by atoms with Crippen LogP contribution >= 0.6 is 0 Å². The maximum absolute atomic E-state index is 13.9. The Morgan fingerprint density at radius 1 is 0.479 bits per heavy atom. The largest absolute Gasteiger partial charge is 0.493 e. The minimum Gasteiger partial charge on any atom is -0.493 e. The molecular weight excluding hydrogens is 612 g/mol. The van der Waals surface area contributed by atoms with Crippen LogP contribution in [-0.2, 0) is 7.05 Å².